The highest BCUT2D eigenvalue weighted by Gasteiger charge is 2.42. The van der Waals surface area contributed by atoms with Gasteiger partial charge in [0, 0.05) is 24.7 Å². The highest BCUT2D eigenvalue weighted by Crippen LogP contribution is 2.43. The number of rotatable bonds is 6. The number of urea groups is 1. The Kier molecular flexibility index (Phi) is 7.23. The molecule has 0 saturated heterocycles. The summed E-state index contributed by atoms with van der Waals surface area (Å²) in [6.45, 7) is -1.29. The third-order valence-electron chi connectivity index (χ3n) is 5.39. The molecule has 0 bridgehead atoms. The first-order chi connectivity index (χ1) is 17.5. The number of pyridine rings is 1. The number of amides is 2. The first kappa shape index (κ1) is 26.2. The second-order valence-corrected chi connectivity index (χ2v) is 8.05. The average molecular weight is 525 g/mol. The van der Waals surface area contributed by atoms with Crippen LogP contribution in [0, 0.1) is 0 Å². The summed E-state index contributed by atoms with van der Waals surface area (Å²) < 4.78 is 73.8. The number of nitrogens with zero attached hydrogens (tertiary/aromatic N) is 4. The first-order valence-electron chi connectivity index (χ1n) is 10.9. The lowest BCUT2D eigenvalue weighted by molar-refractivity contribution is -0.137. The van der Waals surface area contributed by atoms with Crippen molar-refractivity contribution >= 4 is 17.7 Å². The van der Waals surface area contributed by atoms with E-state index in [1.165, 1.54) is 30.5 Å². The molecule has 9 nitrogen and oxygen atoms in total. The molecule has 4 rings (SSSR count). The molecule has 0 radical (unpaired) electrons. The van der Waals surface area contributed by atoms with Crippen molar-refractivity contribution < 1.29 is 41.7 Å². The molecule has 3 N–H and O–H groups in total. The molecule has 1 atom stereocenters. The SMILES string of the molecule is O=C(Nc1ccnc(OC[C@H](O)CO)n1)N1CCC(F)(F)c2ccc(-c3cccc(C(F)(F)F)c3)nc21. The smallest absolute Gasteiger partial charge is 0.416 e. The van der Waals surface area contributed by atoms with Crippen LogP contribution in [0.3, 0.4) is 0 Å². The number of ether oxygens (including phenoxy) is 1. The van der Waals surface area contributed by atoms with Crippen molar-refractivity contribution in [1.82, 2.24) is 15.0 Å². The number of carbonyl (C=O) groups excluding carboxylic acids is 1. The van der Waals surface area contributed by atoms with Gasteiger partial charge >= 0.3 is 18.2 Å². The quantitative estimate of drug-likeness (QED) is 0.419. The lowest BCUT2D eigenvalue weighted by Gasteiger charge is -2.33. The normalized spacial score (nSPS) is 15.6. The number of benzene rings is 1. The number of nitrogens with one attached hydrogen (secondary N) is 1. The van der Waals surface area contributed by atoms with E-state index in [1.54, 1.807) is 0 Å². The van der Waals surface area contributed by atoms with E-state index >= 15 is 0 Å². The summed E-state index contributed by atoms with van der Waals surface area (Å²) in [6, 6.07) is 6.68. The van der Waals surface area contributed by atoms with Gasteiger partial charge in [0.2, 0.25) is 0 Å². The Morgan fingerprint density at radius 3 is 2.70 bits per heavy atom. The summed E-state index contributed by atoms with van der Waals surface area (Å²) in [5.74, 6) is -3.77. The standard InChI is InChI=1S/C23H20F5N5O4/c24-22(25)7-9-33(21(36)32-18-6-8-29-20(31-18)37-12-15(35)11-34)19-16(22)4-5-17(30-19)13-2-1-3-14(10-13)23(26,27)28/h1-6,8,10,15,34-35H,7,9,11-12H2,(H,29,31,32,36)/t15-/m1/s1. The Morgan fingerprint density at radius 2 is 1.97 bits per heavy atom. The molecule has 0 unspecified atom stereocenters. The zero-order valence-electron chi connectivity index (χ0n) is 18.9. The number of aliphatic hydroxyl groups is 2. The summed E-state index contributed by atoms with van der Waals surface area (Å²) >= 11 is 0. The number of aliphatic hydroxyl groups excluding tert-OH is 2. The average Bonchev–Trinajstić information content (AvgIpc) is 2.86. The van der Waals surface area contributed by atoms with Gasteiger partial charge in [-0.2, -0.15) is 18.2 Å². The summed E-state index contributed by atoms with van der Waals surface area (Å²) in [5, 5.41) is 20.6. The van der Waals surface area contributed by atoms with Crippen LogP contribution >= 0.6 is 0 Å². The largest absolute Gasteiger partial charge is 0.461 e. The maximum Gasteiger partial charge on any atom is 0.416 e. The van der Waals surface area contributed by atoms with Crippen LogP contribution in [-0.4, -0.2) is 57.1 Å². The van der Waals surface area contributed by atoms with Gasteiger partial charge in [0.1, 0.15) is 24.3 Å². The van der Waals surface area contributed by atoms with Gasteiger partial charge in [-0.15, -0.1) is 0 Å². The van der Waals surface area contributed by atoms with Gasteiger partial charge in [-0.3, -0.25) is 10.2 Å². The highest BCUT2D eigenvalue weighted by atomic mass is 19.4. The number of halogens is 5. The predicted octanol–water partition coefficient (Wildman–Crippen LogP) is 3.82. The van der Waals surface area contributed by atoms with E-state index in [1.807, 2.05) is 0 Å². The van der Waals surface area contributed by atoms with Gasteiger partial charge in [-0.05, 0) is 30.3 Å². The van der Waals surface area contributed by atoms with Gasteiger partial charge < -0.3 is 14.9 Å². The third kappa shape index (κ3) is 5.91. The van der Waals surface area contributed by atoms with Crippen LogP contribution in [0.25, 0.3) is 11.3 Å². The van der Waals surface area contributed by atoms with Crippen molar-refractivity contribution in [2.75, 3.05) is 30.0 Å². The van der Waals surface area contributed by atoms with Crippen LogP contribution in [0.15, 0.2) is 48.7 Å². The molecular weight excluding hydrogens is 505 g/mol. The Morgan fingerprint density at radius 1 is 1.19 bits per heavy atom. The fraction of sp³-hybridized carbons (Fsp3) is 0.304. The number of hydrogen-bond donors (Lipinski definition) is 3. The van der Waals surface area contributed by atoms with E-state index in [4.69, 9.17) is 9.84 Å². The molecule has 0 saturated carbocycles. The van der Waals surface area contributed by atoms with E-state index in [0.29, 0.717) is 0 Å². The summed E-state index contributed by atoms with van der Waals surface area (Å²) in [4.78, 5) is 25.8. The molecule has 37 heavy (non-hydrogen) atoms. The number of carbonyl (C=O) groups is 1. The second kappa shape index (κ2) is 10.2. The number of alkyl halides is 5. The molecule has 1 aliphatic rings. The van der Waals surface area contributed by atoms with E-state index in [9.17, 15) is 31.9 Å². The molecule has 3 aromatic rings. The highest BCUT2D eigenvalue weighted by molar-refractivity contribution is 6.01. The Hall–Kier alpha value is -3.91. The molecule has 14 heteroatoms. The Bertz CT molecular complexity index is 1290. The number of fused-ring (bicyclic) bond motifs is 1. The summed E-state index contributed by atoms with van der Waals surface area (Å²) in [6.07, 6.45) is -5.24. The monoisotopic (exact) mass is 525 g/mol. The van der Waals surface area contributed by atoms with E-state index < -0.39 is 60.8 Å². The molecule has 0 spiro atoms. The lowest BCUT2D eigenvalue weighted by Crippen LogP contribution is -2.43. The zero-order valence-corrected chi connectivity index (χ0v) is 18.9. The molecule has 1 aromatic carbocycles. The number of aromatic nitrogens is 3. The Labute approximate surface area is 206 Å². The van der Waals surface area contributed by atoms with Gasteiger partial charge in [0.25, 0.3) is 5.92 Å². The predicted molar refractivity (Wildman–Crippen MR) is 120 cm³/mol. The van der Waals surface area contributed by atoms with Crippen molar-refractivity contribution in [1.29, 1.82) is 0 Å². The maximum absolute atomic E-state index is 14.6. The molecule has 2 aromatic heterocycles. The van der Waals surface area contributed by atoms with Crippen molar-refractivity contribution in [2.24, 2.45) is 0 Å². The van der Waals surface area contributed by atoms with Crippen LogP contribution in [-0.2, 0) is 12.1 Å². The zero-order chi connectivity index (χ0) is 26.8. The van der Waals surface area contributed by atoms with Crippen molar-refractivity contribution in [3.8, 4) is 17.3 Å². The van der Waals surface area contributed by atoms with Gasteiger partial charge in [0.05, 0.1) is 23.4 Å². The fourth-order valence-electron chi connectivity index (χ4n) is 3.53. The number of anilines is 2. The summed E-state index contributed by atoms with van der Waals surface area (Å²) in [7, 11) is 0. The molecule has 2 amide bonds. The Balaban J connectivity index is 1.62. The fourth-order valence-corrected chi connectivity index (χ4v) is 3.53. The van der Waals surface area contributed by atoms with Gasteiger partial charge in [-0.25, -0.2) is 23.5 Å². The molecule has 1 aliphatic heterocycles. The molecule has 0 aliphatic carbocycles. The van der Waals surface area contributed by atoms with Gasteiger partial charge in [-0.1, -0.05) is 12.1 Å². The minimum atomic E-state index is -4.61. The molecule has 0 fully saturated rings. The van der Waals surface area contributed by atoms with Crippen molar-refractivity contribution in [3.05, 3.63) is 59.8 Å². The van der Waals surface area contributed by atoms with E-state index in [-0.39, 0.29) is 29.7 Å². The van der Waals surface area contributed by atoms with Crippen LogP contribution in [0.2, 0.25) is 0 Å². The minimum Gasteiger partial charge on any atom is -0.461 e. The van der Waals surface area contributed by atoms with Crippen molar-refractivity contribution in [3.63, 3.8) is 0 Å². The minimum absolute atomic E-state index is 0.0273. The first-order valence-corrected chi connectivity index (χ1v) is 10.9. The van der Waals surface area contributed by atoms with Crippen LogP contribution in [0.1, 0.15) is 17.5 Å². The number of hydrogen-bond acceptors (Lipinski definition) is 7. The van der Waals surface area contributed by atoms with Crippen molar-refractivity contribution in [2.45, 2.75) is 24.6 Å². The third-order valence-corrected chi connectivity index (χ3v) is 5.39. The van der Waals surface area contributed by atoms with Crippen LogP contribution < -0.4 is 15.0 Å². The molecule has 196 valence electrons. The molecule has 3 heterocycles. The topological polar surface area (TPSA) is 121 Å². The molecular formula is C23H20F5N5O4. The van der Waals surface area contributed by atoms with Crippen LogP contribution in [0.5, 0.6) is 6.01 Å². The van der Waals surface area contributed by atoms with Crippen LogP contribution in [0.4, 0.5) is 38.4 Å². The van der Waals surface area contributed by atoms with Gasteiger partial charge in [0.15, 0.2) is 0 Å². The van der Waals surface area contributed by atoms with E-state index in [2.05, 4.69) is 20.3 Å². The maximum atomic E-state index is 14.6. The second-order valence-electron chi connectivity index (χ2n) is 8.05. The lowest BCUT2D eigenvalue weighted by atomic mass is 9.99. The summed E-state index contributed by atoms with van der Waals surface area (Å²) in [5.41, 5.74) is -1.47. The van der Waals surface area contributed by atoms with E-state index in [0.717, 1.165) is 23.1 Å².